The van der Waals surface area contributed by atoms with E-state index in [1.165, 1.54) is 0 Å². The van der Waals surface area contributed by atoms with E-state index in [9.17, 15) is 9.59 Å². The third-order valence-electron chi connectivity index (χ3n) is 7.05. The number of aryl methyl sites for hydroxylation is 2. The molecule has 3 aromatic heterocycles. The molecule has 39 heavy (non-hydrogen) atoms. The molecule has 0 spiro atoms. The van der Waals surface area contributed by atoms with Gasteiger partial charge in [-0.2, -0.15) is 0 Å². The minimum atomic E-state index is -0.569. The number of aromatic nitrogens is 4. The van der Waals surface area contributed by atoms with Gasteiger partial charge in [0.15, 0.2) is 5.82 Å². The summed E-state index contributed by atoms with van der Waals surface area (Å²) in [5, 5.41) is 3.89. The van der Waals surface area contributed by atoms with Gasteiger partial charge in [-0.1, -0.05) is 0 Å². The first-order valence-corrected chi connectivity index (χ1v) is 13.4. The fraction of sp³-hybridized carbons (Fsp3) is 0.448. The van der Waals surface area contributed by atoms with Gasteiger partial charge in [0, 0.05) is 43.7 Å². The molecule has 4 aromatic rings. The van der Waals surface area contributed by atoms with Gasteiger partial charge in [-0.25, -0.2) is 14.8 Å². The summed E-state index contributed by atoms with van der Waals surface area (Å²) in [6.07, 6.45) is 2.88. The van der Waals surface area contributed by atoms with Crippen LogP contribution in [0, 0.1) is 0 Å². The smallest absolute Gasteiger partial charge is 0.407 e. The highest BCUT2D eigenvalue weighted by molar-refractivity contribution is 5.98. The zero-order chi connectivity index (χ0) is 27.9. The Morgan fingerprint density at radius 3 is 2.69 bits per heavy atom. The number of carbonyl (C=O) groups is 2. The highest BCUT2D eigenvalue weighted by Gasteiger charge is 2.28. The minimum absolute atomic E-state index is 0.0706. The Bertz CT molecular complexity index is 1550. The molecule has 0 saturated carbocycles. The summed E-state index contributed by atoms with van der Waals surface area (Å²) in [5.74, 6) is 1.43. The highest BCUT2D eigenvalue weighted by Crippen LogP contribution is 2.31. The van der Waals surface area contributed by atoms with E-state index in [1.54, 1.807) is 18.2 Å². The van der Waals surface area contributed by atoms with Gasteiger partial charge in [0.05, 0.1) is 30.0 Å². The van der Waals surface area contributed by atoms with Crippen LogP contribution in [-0.4, -0.2) is 67.8 Å². The van der Waals surface area contributed by atoms with Crippen LogP contribution in [0.15, 0.2) is 36.5 Å². The van der Waals surface area contributed by atoms with Crippen LogP contribution in [0.3, 0.4) is 0 Å². The SMILES string of the molecule is CCn1c(-c2nc3cc(C(=O)N4CCCC(NC(=O)OC(C)(C)C)C4)ccc3n2C)cc2cc(OC)cnc21. The van der Waals surface area contributed by atoms with Crippen molar-refractivity contribution in [2.75, 3.05) is 20.2 Å². The lowest BCUT2D eigenvalue weighted by atomic mass is 10.0. The average molecular weight is 533 g/mol. The van der Waals surface area contributed by atoms with Crippen LogP contribution in [0.2, 0.25) is 0 Å². The predicted molar refractivity (Wildman–Crippen MR) is 150 cm³/mol. The van der Waals surface area contributed by atoms with Crippen LogP contribution >= 0.6 is 0 Å². The number of nitrogens with zero attached hydrogens (tertiary/aromatic N) is 5. The van der Waals surface area contributed by atoms with Crippen molar-refractivity contribution in [2.45, 2.75) is 58.7 Å². The van der Waals surface area contributed by atoms with Gasteiger partial charge < -0.3 is 28.8 Å². The van der Waals surface area contributed by atoms with Crippen LogP contribution < -0.4 is 10.1 Å². The topological polar surface area (TPSA) is 104 Å². The number of rotatable bonds is 5. The third-order valence-corrected chi connectivity index (χ3v) is 7.05. The lowest BCUT2D eigenvalue weighted by molar-refractivity contribution is 0.0452. The molecule has 4 heterocycles. The molecule has 1 atom stereocenters. The number of ether oxygens (including phenoxy) is 2. The zero-order valence-electron chi connectivity index (χ0n) is 23.4. The van der Waals surface area contributed by atoms with Crippen molar-refractivity contribution in [3.63, 3.8) is 0 Å². The van der Waals surface area contributed by atoms with Crippen LogP contribution in [0.4, 0.5) is 4.79 Å². The number of carbonyl (C=O) groups excluding carboxylic acids is 2. The quantitative estimate of drug-likeness (QED) is 0.398. The Hall–Kier alpha value is -4.08. The summed E-state index contributed by atoms with van der Waals surface area (Å²) in [6, 6.07) is 9.55. The van der Waals surface area contributed by atoms with E-state index in [4.69, 9.17) is 14.5 Å². The van der Waals surface area contributed by atoms with Gasteiger partial charge in [-0.15, -0.1) is 0 Å². The number of methoxy groups -OCH3 is 1. The second-order valence-electron chi connectivity index (χ2n) is 11.0. The lowest BCUT2D eigenvalue weighted by Crippen LogP contribution is -2.50. The third kappa shape index (κ3) is 5.28. The molecule has 206 valence electrons. The van der Waals surface area contributed by atoms with Crippen molar-refractivity contribution in [2.24, 2.45) is 7.05 Å². The maximum Gasteiger partial charge on any atom is 0.407 e. The molecule has 1 unspecified atom stereocenters. The van der Waals surface area contributed by atoms with Crippen LogP contribution in [0.5, 0.6) is 5.75 Å². The molecule has 1 fully saturated rings. The second kappa shape index (κ2) is 10.2. The van der Waals surface area contributed by atoms with Crippen molar-refractivity contribution in [1.29, 1.82) is 0 Å². The first-order chi connectivity index (χ1) is 18.6. The molecule has 1 aliphatic heterocycles. The van der Waals surface area contributed by atoms with Gasteiger partial charge in [-0.3, -0.25) is 4.79 Å². The number of hydrogen-bond donors (Lipinski definition) is 1. The standard InChI is InChI=1S/C29H36N6O4/c1-7-35-24(15-19-13-21(38-6)16-30-25(19)35)26-32-22-14-18(10-11-23(22)33(26)5)27(36)34-12-8-9-20(17-34)31-28(37)39-29(2,3)4/h10-11,13-16,20H,7-9,12,17H2,1-6H3,(H,31,37). The van der Waals surface area contributed by atoms with E-state index >= 15 is 0 Å². The number of imidazole rings is 1. The Balaban J connectivity index is 1.40. The van der Waals surface area contributed by atoms with Gasteiger partial charge in [0.1, 0.15) is 17.0 Å². The fourth-order valence-corrected chi connectivity index (χ4v) is 5.24. The molecular formula is C29H36N6O4. The van der Waals surface area contributed by atoms with Gasteiger partial charge in [-0.05, 0) is 70.9 Å². The van der Waals surface area contributed by atoms with Crippen LogP contribution in [-0.2, 0) is 18.3 Å². The summed E-state index contributed by atoms with van der Waals surface area (Å²) < 4.78 is 14.9. The molecule has 1 aliphatic rings. The van der Waals surface area contributed by atoms with Gasteiger partial charge in [0.2, 0.25) is 0 Å². The number of nitrogens with one attached hydrogen (secondary N) is 1. The normalized spacial score (nSPS) is 16.1. The first kappa shape index (κ1) is 26.5. The summed E-state index contributed by atoms with van der Waals surface area (Å²) >= 11 is 0. The monoisotopic (exact) mass is 532 g/mol. The van der Waals surface area contributed by atoms with Crippen molar-refractivity contribution in [3.05, 3.63) is 42.1 Å². The molecule has 2 amide bonds. The van der Waals surface area contributed by atoms with E-state index in [0.717, 1.165) is 53.0 Å². The molecule has 10 nitrogen and oxygen atoms in total. The zero-order valence-corrected chi connectivity index (χ0v) is 23.4. The highest BCUT2D eigenvalue weighted by atomic mass is 16.6. The van der Waals surface area contributed by atoms with E-state index in [2.05, 4.69) is 27.9 Å². The first-order valence-electron chi connectivity index (χ1n) is 13.4. The maximum absolute atomic E-state index is 13.5. The number of piperidine rings is 1. The number of amides is 2. The number of alkyl carbamates (subject to hydrolysis) is 1. The van der Waals surface area contributed by atoms with Crippen molar-refractivity contribution in [3.8, 4) is 17.3 Å². The largest absolute Gasteiger partial charge is 0.495 e. The molecule has 0 aliphatic carbocycles. The Kier molecular flexibility index (Phi) is 6.96. The Morgan fingerprint density at radius 1 is 1.18 bits per heavy atom. The van der Waals surface area contributed by atoms with Crippen LogP contribution in [0.25, 0.3) is 33.6 Å². The summed E-state index contributed by atoms with van der Waals surface area (Å²) in [5.41, 5.74) is 3.51. The number of pyridine rings is 1. The van der Waals surface area contributed by atoms with Crippen LogP contribution in [0.1, 0.15) is 50.9 Å². The summed E-state index contributed by atoms with van der Waals surface area (Å²) in [6.45, 7) is 9.39. The number of fused-ring (bicyclic) bond motifs is 2. The molecule has 1 aromatic carbocycles. The van der Waals surface area contributed by atoms with Gasteiger partial charge >= 0.3 is 6.09 Å². The van der Waals surface area contributed by atoms with E-state index in [0.29, 0.717) is 24.4 Å². The lowest BCUT2D eigenvalue weighted by Gasteiger charge is -2.33. The molecule has 5 rings (SSSR count). The predicted octanol–water partition coefficient (Wildman–Crippen LogP) is 4.75. The molecule has 1 saturated heterocycles. The Morgan fingerprint density at radius 2 is 1.97 bits per heavy atom. The number of benzene rings is 1. The van der Waals surface area contributed by atoms with E-state index < -0.39 is 11.7 Å². The summed E-state index contributed by atoms with van der Waals surface area (Å²) in [4.78, 5) is 37.1. The van der Waals surface area contributed by atoms with Crippen molar-refractivity contribution in [1.82, 2.24) is 29.3 Å². The van der Waals surface area contributed by atoms with Crippen molar-refractivity contribution >= 4 is 34.1 Å². The summed E-state index contributed by atoms with van der Waals surface area (Å²) in [7, 11) is 3.61. The molecule has 10 heteroatoms. The minimum Gasteiger partial charge on any atom is -0.495 e. The Labute approximate surface area is 227 Å². The number of hydrogen-bond acceptors (Lipinski definition) is 6. The van der Waals surface area contributed by atoms with Crippen molar-refractivity contribution < 1.29 is 19.1 Å². The second-order valence-corrected chi connectivity index (χ2v) is 11.0. The van der Waals surface area contributed by atoms with E-state index in [1.807, 2.05) is 56.7 Å². The molecule has 1 N–H and O–H groups in total. The average Bonchev–Trinajstić information content (AvgIpc) is 3.43. The maximum atomic E-state index is 13.5. The van der Waals surface area contributed by atoms with E-state index in [-0.39, 0.29) is 11.9 Å². The molecule has 0 bridgehead atoms. The number of likely N-dealkylation sites (tertiary alicyclic amines) is 1. The fourth-order valence-electron chi connectivity index (χ4n) is 5.24. The molecular weight excluding hydrogens is 496 g/mol. The molecule has 0 radical (unpaired) electrons. The van der Waals surface area contributed by atoms with Gasteiger partial charge in [0.25, 0.3) is 5.91 Å².